The van der Waals surface area contributed by atoms with Crippen LogP contribution in [0.4, 0.5) is 0 Å². The molecule has 2 fully saturated rings. The van der Waals surface area contributed by atoms with Crippen molar-refractivity contribution in [2.45, 2.75) is 81.6 Å². The van der Waals surface area contributed by atoms with E-state index in [-0.39, 0.29) is 23.7 Å². The first-order valence-corrected chi connectivity index (χ1v) is 21.9. The van der Waals surface area contributed by atoms with Crippen LogP contribution in [0.15, 0.2) is 140 Å². The lowest BCUT2D eigenvalue weighted by molar-refractivity contribution is -0.149. The van der Waals surface area contributed by atoms with Gasteiger partial charge in [0.1, 0.15) is 29.4 Å². The number of hydrogen-bond acceptors (Lipinski definition) is 7. The highest BCUT2D eigenvalue weighted by atomic mass is 28.4. The van der Waals surface area contributed by atoms with E-state index in [1.807, 2.05) is 95.9 Å². The largest absolute Gasteiger partial charge is 0.497 e. The van der Waals surface area contributed by atoms with Crippen molar-refractivity contribution in [1.29, 1.82) is 0 Å². The summed E-state index contributed by atoms with van der Waals surface area (Å²) >= 11 is 0. The van der Waals surface area contributed by atoms with Gasteiger partial charge in [-0.05, 0) is 69.2 Å². The Kier molecular flexibility index (Phi) is 12.3. The van der Waals surface area contributed by atoms with E-state index in [9.17, 15) is 9.90 Å². The maximum absolute atomic E-state index is 13.9. The molecule has 5 aromatic rings. The summed E-state index contributed by atoms with van der Waals surface area (Å²) in [5.74, 6) is 1.47. The SMILES string of the molecule is COc1ccc(C(OC[C@H]2O[C@@H](N3CC[C@@H](O[Si](c4ccccc4)(c4ccccc4)C(C)(C)C)CCC3=O)CC2O)(c2ccccc2)c2ccc(OC)cc2)cc1. The lowest BCUT2D eigenvalue weighted by Crippen LogP contribution is -2.67. The molecule has 9 heteroatoms. The van der Waals surface area contributed by atoms with Crippen LogP contribution in [0.2, 0.25) is 5.04 Å². The normalized spacial score (nSPS) is 20.6. The Bertz CT molecular complexity index is 1950. The number of carbonyl (C=O) groups is 1. The number of benzene rings is 5. The van der Waals surface area contributed by atoms with Gasteiger partial charge in [0.25, 0.3) is 8.32 Å². The molecular weight excluding hydrogens is 731 g/mol. The number of ether oxygens (including phenoxy) is 4. The Morgan fingerprint density at radius 2 is 1.19 bits per heavy atom. The number of rotatable bonds is 13. The minimum atomic E-state index is -2.81. The first-order valence-electron chi connectivity index (χ1n) is 20.0. The van der Waals surface area contributed by atoms with Gasteiger partial charge in [0.2, 0.25) is 5.91 Å². The molecule has 1 amide bonds. The molecule has 1 N–H and O–H groups in total. The molecule has 2 aliphatic rings. The van der Waals surface area contributed by atoms with Crippen LogP contribution in [0.1, 0.15) is 63.1 Å². The monoisotopic (exact) mass is 785 g/mol. The fraction of sp³-hybridized carbons (Fsp3) is 0.354. The smallest absolute Gasteiger partial charge is 0.261 e. The summed E-state index contributed by atoms with van der Waals surface area (Å²) in [5, 5.41) is 13.8. The maximum atomic E-state index is 13.9. The average Bonchev–Trinajstić information content (AvgIpc) is 3.51. The molecule has 0 aromatic heterocycles. The Balaban J connectivity index is 1.12. The highest BCUT2D eigenvalue weighted by Gasteiger charge is 2.52. The van der Waals surface area contributed by atoms with E-state index in [0.29, 0.717) is 32.2 Å². The fourth-order valence-electron chi connectivity index (χ4n) is 8.68. The Morgan fingerprint density at radius 3 is 1.68 bits per heavy atom. The van der Waals surface area contributed by atoms with Crippen LogP contribution in [0.5, 0.6) is 11.5 Å². The second-order valence-corrected chi connectivity index (χ2v) is 20.3. The van der Waals surface area contributed by atoms with Crippen LogP contribution < -0.4 is 19.8 Å². The van der Waals surface area contributed by atoms with Crippen LogP contribution in [-0.4, -0.2) is 76.1 Å². The molecule has 0 bridgehead atoms. The number of carbonyl (C=O) groups excluding carboxylic acids is 1. The molecule has 8 nitrogen and oxygen atoms in total. The molecule has 1 unspecified atom stereocenters. The molecule has 7 rings (SSSR count). The van der Waals surface area contributed by atoms with Crippen LogP contribution in [0.3, 0.4) is 0 Å². The van der Waals surface area contributed by atoms with E-state index in [1.165, 1.54) is 10.4 Å². The van der Waals surface area contributed by atoms with Crippen molar-refractivity contribution in [3.63, 3.8) is 0 Å². The van der Waals surface area contributed by atoms with E-state index in [1.54, 1.807) is 14.2 Å². The maximum Gasteiger partial charge on any atom is 0.261 e. The van der Waals surface area contributed by atoms with Gasteiger partial charge in [-0.25, -0.2) is 0 Å². The summed E-state index contributed by atoms with van der Waals surface area (Å²) in [6.07, 6.45) is -0.304. The van der Waals surface area contributed by atoms with E-state index < -0.39 is 32.4 Å². The summed E-state index contributed by atoms with van der Waals surface area (Å²) in [6, 6.07) is 47.0. The van der Waals surface area contributed by atoms with Crippen molar-refractivity contribution in [3.8, 4) is 11.5 Å². The molecule has 2 saturated heterocycles. The van der Waals surface area contributed by atoms with Gasteiger partial charge in [-0.1, -0.05) is 136 Å². The van der Waals surface area contributed by atoms with Crippen molar-refractivity contribution in [2.24, 2.45) is 0 Å². The molecule has 57 heavy (non-hydrogen) atoms. The summed E-state index contributed by atoms with van der Waals surface area (Å²) in [5.41, 5.74) is 1.63. The highest BCUT2D eigenvalue weighted by Crippen LogP contribution is 2.43. The first kappa shape index (κ1) is 40.4. The Labute approximate surface area is 338 Å². The second kappa shape index (κ2) is 17.4. The zero-order valence-electron chi connectivity index (χ0n) is 33.7. The molecule has 0 aliphatic carbocycles. The number of nitrogens with zero attached hydrogens (tertiary/aromatic N) is 1. The van der Waals surface area contributed by atoms with Gasteiger partial charge in [-0.15, -0.1) is 0 Å². The van der Waals surface area contributed by atoms with Crippen LogP contribution in [0.25, 0.3) is 0 Å². The van der Waals surface area contributed by atoms with Crippen molar-refractivity contribution in [2.75, 3.05) is 27.4 Å². The quantitative estimate of drug-likeness (QED) is 0.0982. The molecule has 2 heterocycles. The standard InChI is InChI=1S/C48H55NO7Si/c1-47(2,3)57(41-17-11-7-12-18-41,42-19-13-8-14-20-42)56-40-29-30-45(51)49(32-31-40)46-33-43(50)44(55-46)34-54-48(35-15-9-6-10-16-35,36-21-25-38(52-4)26-22-36)37-23-27-39(53-5)28-24-37/h6-28,40,43-44,46,50H,29-34H2,1-5H3/t40-,43?,44+,46+/m0/s1. The minimum absolute atomic E-state index is 0.0115. The molecule has 5 aromatic carbocycles. The molecule has 298 valence electrons. The third-order valence-corrected chi connectivity index (χ3v) is 16.7. The number of aliphatic hydroxyl groups excluding tert-OH is 1. The van der Waals surface area contributed by atoms with Crippen molar-refractivity contribution < 1.29 is 33.3 Å². The lowest BCUT2D eigenvalue weighted by atomic mass is 9.80. The van der Waals surface area contributed by atoms with Crippen molar-refractivity contribution in [3.05, 3.63) is 156 Å². The molecule has 2 aliphatic heterocycles. The molecule has 0 saturated carbocycles. The van der Waals surface area contributed by atoms with Gasteiger partial charge < -0.3 is 33.4 Å². The molecule has 0 radical (unpaired) electrons. The highest BCUT2D eigenvalue weighted by molar-refractivity contribution is 6.99. The fourth-order valence-corrected chi connectivity index (χ4v) is 13.4. The predicted octanol–water partition coefficient (Wildman–Crippen LogP) is 7.45. The van der Waals surface area contributed by atoms with Gasteiger partial charge in [0, 0.05) is 25.5 Å². The van der Waals surface area contributed by atoms with Crippen LogP contribution in [-0.2, 0) is 24.3 Å². The topological polar surface area (TPSA) is 86.7 Å². The zero-order valence-corrected chi connectivity index (χ0v) is 34.7. The van der Waals surface area contributed by atoms with Crippen molar-refractivity contribution in [1.82, 2.24) is 4.90 Å². The molecule has 4 atom stereocenters. The van der Waals surface area contributed by atoms with Gasteiger partial charge in [0.05, 0.1) is 26.9 Å². The Hall–Kier alpha value is -4.77. The number of methoxy groups -OCH3 is 2. The number of amides is 1. The number of aliphatic hydroxyl groups is 1. The van der Waals surface area contributed by atoms with Gasteiger partial charge >= 0.3 is 0 Å². The number of hydrogen-bond donors (Lipinski definition) is 1. The predicted molar refractivity (Wildman–Crippen MR) is 226 cm³/mol. The lowest BCUT2D eigenvalue weighted by Gasteiger charge is -2.45. The first-order chi connectivity index (χ1) is 27.6. The third kappa shape index (κ3) is 8.18. The van der Waals surface area contributed by atoms with E-state index in [4.69, 9.17) is 23.4 Å². The summed E-state index contributed by atoms with van der Waals surface area (Å²) in [7, 11) is 0.480. The molecule has 0 spiro atoms. The van der Waals surface area contributed by atoms with Gasteiger partial charge in [0.15, 0.2) is 0 Å². The number of likely N-dealkylation sites (tertiary alicyclic amines) is 1. The van der Waals surface area contributed by atoms with Crippen LogP contribution in [0, 0.1) is 0 Å². The van der Waals surface area contributed by atoms with Crippen molar-refractivity contribution >= 4 is 24.6 Å². The molecular formula is C48H55NO7Si. The van der Waals surface area contributed by atoms with Gasteiger partial charge in [-0.3, -0.25) is 4.79 Å². The summed E-state index contributed by atoms with van der Waals surface area (Å²) in [4.78, 5) is 15.7. The van der Waals surface area contributed by atoms with E-state index >= 15 is 0 Å². The summed E-state index contributed by atoms with van der Waals surface area (Å²) in [6.45, 7) is 7.38. The average molecular weight is 786 g/mol. The third-order valence-electron chi connectivity index (χ3n) is 11.6. The summed E-state index contributed by atoms with van der Waals surface area (Å²) < 4.78 is 32.1. The second-order valence-electron chi connectivity index (χ2n) is 16.1. The van der Waals surface area contributed by atoms with Crippen LogP contribution >= 0.6 is 0 Å². The minimum Gasteiger partial charge on any atom is -0.497 e. The van der Waals surface area contributed by atoms with Gasteiger partial charge in [-0.2, -0.15) is 0 Å². The Morgan fingerprint density at radius 1 is 0.702 bits per heavy atom. The van der Waals surface area contributed by atoms with E-state index in [2.05, 4.69) is 69.3 Å². The van der Waals surface area contributed by atoms with E-state index in [0.717, 1.165) is 28.2 Å². The zero-order chi connectivity index (χ0) is 40.0.